The molecule has 0 aromatic rings. The van der Waals surface area contributed by atoms with E-state index in [1.165, 1.54) is 18.2 Å². The second-order valence-corrected chi connectivity index (χ2v) is 2.34. The Morgan fingerprint density at radius 2 is 2.23 bits per heavy atom. The smallest absolute Gasteiger partial charge is 0.413 e. The quantitative estimate of drug-likeness (QED) is 0.698. The maximum absolute atomic E-state index is 10.9. The molecule has 0 rings (SSSR count). The van der Waals surface area contributed by atoms with Crippen LogP contribution in [0.1, 0.15) is 12.8 Å². The minimum Gasteiger partial charge on any atom is -0.481 e. The zero-order chi connectivity index (χ0) is 10.3. The van der Waals surface area contributed by atoms with Crippen molar-refractivity contribution in [2.24, 2.45) is 0 Å². The monoisotopic (exact) mass is 187 g/mol. The lowest BCUT2D eigenvalue weighted by atomic mass is 10.3. The number of carbonyl (C=O) groups excluding carboxylic acids is 1. The number of amides is 1. The van der Waals surface area contributed by atoms with Crippen molar-refractivity contribution in [2.75, 3.05) is 13.7 Å². The summed E-state index contributed by atoms with van der Waals surface area (Å²) in [6.45, 7) is 3.71. The summed E-state index contributed by atoms with van der Waals surface area (Å²) >= 11 is 0. The van der Waals surface area contributed by atoms with Gasteiger partial charge in [0.15, 0.2) is 0 Å². The van der Waals surface area contributed by atoms with Crippen LogP contribution in [0.4, 0.5) is 4.79 Å². The number of carbonyl (C=O) groups is 2. The number of hydrogen-bond acceptors (Lipinski definition) is 3. The van der Waals surface area contributed by atoms with Crippen LogP contribution in [-0.4, -0.2) is 35.7 Å². The molecular weight excluding hydrogens is 174 g/mol. The molecule has 0 aromatic heterocycles. The first kappa shape index (κ1) is 11.5. The Hall–Kier alpha value is -1.52. The molecule has 74 valence electrons. The molecule has 0 aliphatic heterocycles. The number of rotatable bonds is 5. The van der Waals surface area contributed by atoms with E-state index in [2.05, 4.69) is 11.3 Å². The van der Waals surface area contributed by atoms with E-state index in [1.807, 2.05) is 0 Å². The SMILES string of the molecule is C=CN(CCCC(=O)O)C(=O)OC. The van der Waals surface area contributed by atoms with Crippen molar-refractivity contribution in [3.63, 3.8) is 0 Å². The van der Waals surface area contributed by atoms with Crippen LogP contribution in [0.5, 0.6) is 0 Å². The molecule has 0 unspecified atom stereocenters. The number of ether oxygens (including phenoxy) is 1. The van der Waals surface area contributed by atoms with Gasteiger partial charge in [0.2, 0.25) is 0 Å². The van der Waals surface area contributed by atoms with Crippen LogP contribution in [0.2, 0.25) is 0 Å². The predicted molar refractivity (Wildman–Crippen MR) is 46.2 cm³/mol. The van der Waals surface area contributed by atoms with Crippen LogP contribution in [0.3, 0.4) is 0 Å². The molecule has 0 fully saturated rings. The Bertz CT molecular complexity index is 202. The maximum atomic E-state index is 10.9. The molecule has 5 heteroatoms. The van der Waals surface area contributed by atoms with Crippen molar-refractivity contribution in [3.8, 4) is 0 Å². The van der Waals surface area contributed by atoms with Crippen LogP contribution < -0.4 is 0 Å². The highest BCUT2D eigenvalue weighted by Gasteiger charge is 2.09. The highest BCUT2D eigenvalue weighted by atomic mass is 16.5. The zero-order valence-corrected chi connectivity index (χ0v) is 7.52. The molecule has 5 nitrogen and oxygen atoms in total. The van der Waals surface area contributed by atoms with E-state index in [1.54, 1.807) is 0 Å². The lowest BCUT2D eigenvalue weighted by Gasteiger charge is -2.14. The van der Waals surface area contributed by atoms with Gasteiger partial charge >= 0.3 is 12.1 Å². The molecule has 0 saturated carbocycles. The summed E-state index contributed by atoms with van der Waals surface area (Å²) in [6, 6.07) is 0. The fourth-order valence-corrected chi connectivity index (χ4v) is 0.775. The maximum Gasteiger partial charge on any atom is 0.413 e. The topological polar surface area (TPSA) is 66.8 Å². The van der Waals surface area contributed by atoms with E-state index >= 15 is 0 Å². The molecule has 0 bridgehead atoms. The fraction of sp³-hybridized carbons (Fsp3) is 0.500. The Labute approximate surface area is 76.6 Å². The number of hydrogen-bond donors (Lipinski definition) is 1. The molecule has 1 amide bonds. The van der Waals surface area contributed by atoms with Gasteiger partial charge in [-0.1, -0.05) is 6.58 Å². The number of methoxy groups -OCH3 is 1. The molecule has 13 heavy (non-hydrogen) atoms. The van der Waals surface area contributed by atoms with Crippen molar-refractivity contribution in [1.82, 2.24) is 4.90 Å². The molecule has 0 heterocycles. The van der Waals surface area contributed by atoms with Gasteiger partial charge in [-0.15, -0.1) is 0 Å². The third-order valence-electron chi connectivity index (χ3n) is 1.42. The molecule has 1 N–H and O–H groups in total. The van der Waals surface area contributed by atoms with Gasteiger partial charge in [0.25, 0.3) is 0 Å². The van der Waals surface area contributed by atoms with Gasteiger partial charge in [-0.3, -0.25) is 9.69 Å². The Balaban J connectivity index is 3.79. The predicted octanol–water partition coefficient (Wildman–Crippen LogP) is 1.06. The third-order valence-corrected chi connectivity index (χ3v) is 1.42. The Morgan fingerprint density at radius 1 is 1.62 bits per heavy atom. The second-order valence-electron chi connectivity index (χ2n) is 2.34. The largest absolute Gasteiger partial charge is 0.481 e. The van der Waals surface area contributed by atoms with Crippen LogP contribution in [-0.2, 0) is 9.53 Å². The summed E-state index contributed by atoms with van der Waals surface area (Å²) < 4.78 is 4.43. The third kappa shape index (κ3) is 4.84. The summed E-state index contributed by atoms with van der Waals surface area (Å²) in [7, 11) is 1.26. The van der Waals surface area contributed by atoms with Gasteiger partial charge in [-0.05, 0) is 6.42 Å². The molecule has 0 aliphatic carbocycles. The van der Waals surface area contributed by atoms with Crippen LogP contribution in [0, 0.1) is 0 Å². The number of carboxylic acids is 1. The van der Waals surface area contributed by atoms with E-state index < -0.39 is 12.1 Å². The number of carboxylic acid groups (broad SMARTS) is 1. The van der Waals surface area contributed by atoms with Crippen molar-refractivity contribution in [2.45, 2.75) is 12.8 Å². The van der Waals surface area contributed by atoms with Gasteiger partial charge in [-0.25, -0.2) is 4.79 Å². The molecule has 0 aromatic carbocycles. The van der Waals surface area contributed by atoms with E-state index in [4.69, 9.17) is 5.11 Å². The van der Waals surface area contributed by atoms with Crippen LogP contribution in [0.25, 0.3) is 0 Å². The first-order valence-electron chi connectivity index (χ1n) is 3.80. The van der Waals surface area contributed by atoms with Gasteiger partial charge < -0.3 is 9.84 Å². The van der Waals surface area contributed by atoms with Gasteiger partial charge in [-0.2, -0.15) is 0 Å². The summed E-state index contributed by atoms with van der Waals surface area (Å²) in [5, 5.41) is 8.33. The molecular formula is C8H13NO4. The van der Waals surface area contributed by atoms with Gasteiger partial charge in [0.05, 0.1) is 7.11 Å². The first-order valence-corrected chi connectivity index (χ1v) is 3.80. The minimum atomic E-state index is -0.881. The van der Waals surface area contributed by atoms with Crippen LogP contribution in [0.15, 0.2) is 12.8 Å². The summed E-state index contributed by atoms with van der Waals surface area (Å²) in [4.78, 5) is 22.3. The molecule has 0 radical (unpaired) electrons. The molecule has 0 spiro atoms. The van der Waals surface area contributed by atoms with Gasteiger partial charge in [0, 0.05) is 19.2 Å². The van der Waals surface area contributed by atoms with Crippen molar-refractivity contribution in [1.29, 1.82) is 0 Å². The van der Waals surface area contributed by atoms with E-state index in [-0.39, 0.29) is 6.42 Å². The van der Waals surface area contributed by atoms with Gasteiger partial charge in [0.1, 0.15) is 0 Å². The molecule has 0 aliphatic rings. The van der Waals surface area contributed by atoms with E-state index in [0.717, 1.165) is 0 Å². The van der Waals surface area contributed by atoms with E-state index in [9.17, 15) is 9.59 Å². The first-order chi connectivity index (χ1) is 6.11. The summed E-state index contributed by atoms with van der Waals surface area (Å²) in [5.74, 6) is -0.881. The standard InChI is InChI=1S/C8H13NO4/c1-3-9(8(12)13-2)6-4-5-7(10)11/h3H,1,4-6H2,2H3,(H,10,11). The fourth-order valence-electron chi connectivity index (χ4n) is 0.775. The summed E-state index contributed by atoms with van der Waals surface area (Å²) in [6.07, 6.45) is 1.20. The van der Waals surface area contributed by atoms with Crippen molar-refractivity contribution in [3.05, 3.63) is 12.8 Å². The lowest BCUT2D eigenvalue weighted by Crippen LogP contribution is -2.26. The number of aliphatic carboxylic acids is 1. The average molecular weight is 187 g/mol. The lowest BCUT2D eigenvalue weighted by molar-refractivity contribution is -0.137. The second kappa shape index (κ2) is 6.05. The normalized spacial score (nSPS) is 9.00. The highest BCUT2D eigenvalue weighted by molar-refractivity contribution is 5.69. The highest BCUT2D eigenvalue weighted by Crippen LogP contribution is 1.98. The average Bonchev–Trinajstić information content (AvgIpc) is 2.11. The zero-order valence-electron chi connectivity index (χ0n) is 7.52. The van der Waals surface area contributed by atoms with E-state index in [0.29, 0.717) is 13.0 Å². The Morgan fingerprint density at radius 3 is 2.62 bits per heavy atom. The molecule has 0 saturated heterocycles. The minimum absolute atomic E-state index is 0.0291. The van der Waals surface area contributed by atoms with Crippen LogP contribution >= 0.6 is 0 Å². The van der Waals surface area contributed by atoms with Crippen molar-refractivity contribution >= 4 is 12.1 Å². The summed E-state index contributed by atoms with van der Waals surface area (Å²) in [5.41, 5.74) is 0. The molecule has 0 atom stereocenters. The Kier molecular flexibility index (Phi) is 5.34. The number of nitrogens with zero attached hydrogens (tertiary/aromatic N) is 1. The van der Waals surface area contributed by atoms with Crippen molar-refractivity contribution < 1.29 is 19.4 Å².